The number of likely N-dealkylation sites (tertiary alicyclic amines) is 1. The number of nitrogens with zero attached hydrogens (tertiary/aromatic N) is 1. The van der Waals surface area contributed by atoms with E-state index < -0.39 is 0 Å². The molecule has 1 amide bonds. The van der Waals surface area contributed by atoms with Crippen molar-refractivity contribution in [2.45, 2.75) is 43.7 Å². The van der Waals surface area contributed by atoms with Crippen molar-refractivity contribution < 1.29 is 19.0 Å². The van der Waals surface area contributed by atoms with Gasteiger partial charge in [-0.3, -0.25) is 9.69 Å². The highest BCUT2D eigenvalue weighted by Gasteiger charge is 2.51. The van der Waals surface area contributed by atoms with Crippen molar-refractivity contribution in [1.29, 1.82) is 0 Å². The summed E-state index contributed by atoms with van der Waals surface area (Å²) in [6, 6.07) is 24.1. The van der Waals surface area contributed by atoms with Crippen molar-refractivity contribution in [3.63, 3.8) is 0 Å². The molecular weight excluding hydrogens is 452 g/mol. The van der Waals surface area contributed by atoms with Crippen molar-refractivity contribution >= 4 is 5.91 Å². The summed E-state index contributed by atoms with van der Waals surface area (Å²) in [7, 11) is 3.31. The molecule has 0 spiro atoms. The number of amides is 1. The molecule has 0 atom stereocenters. The van der Waals surface area contributed by atoms with Gasteiger partial charge >= 0.3 is 0 Å². The zero-order valence-electron chi connectivity index (χ0n) is 21.0. The molecular formula is C30H34N2O4. The van der Waals surface area contributed by atoms with Gasteiger partial charge in [0.05, 0.1) is 19.6 Å². The van der Waals surface area contributed by atoms with Gasteiger partial charge in [0.15, 0.2) is 11.5 Å². The summed E-state index contributed by atoms with van der Waals surface area (Å²) in [5.41, 5.74) is 1.94. The number of hydrogen-bond acceptors (Lipinski definition) is 5. The molecule has 2 aliphatic rings. The summed E-state index contributed by atoms with van der Waals surface area (Å²) in [6.07, 6.45) is 3.75. The fourth-order valence-electron chi connectivity index (χ4n) is 5.04. The number of carbonyl (C=O) groups is 1. The van der Waals surface area contributed by atoms with Crippen molar-refractivity contribution in [1.82, 2.24) is 10.2 Å². The highest BCUT2D eigenvalue weighted by molar-refractivity contribution is 5.91. The van der Waals surface area contributed by atoms with Gasteiger partial charge in [0, 0.05) is 25.7 Å². The molecule has 0 unspecified atom stereocenters. The van der Waals surface area contributed by atoms with Crippen LogP contribution in [0.2, 0.25) is 0 Å². The first-order valence-electron chi connectivity index (χ1n) is 12.7. The Morgan fingerprint density at radius 2 is 1.61 bits per heavy atom. The maximum atomic E-state index is 13.2. The third-order valence-corrected chi connectivity index (χ3v) is 7.35. The van der Waals surface area contributed by atoms with E-state index in [1.165, 1.54) is 5.56 Å². The van der Waals surface area contributed by atoms with Crippen LogP contribution in [0, 0.1) is 0 Å². The second kappa shape index (κ2) is 10.6. The number of nitrogens with one attached hydrogen (secondary N) is 1. The van der Waals surface area contributed by atoms with E-state index in [9.17, 15) is 4.79 Å². The molecule has 188 valence electrons. The Bertz CT molecular complexity index is 1180. The molecule has 1 aliphatic heterocycles. The van der Waals surface area contributed by atoms with Crippen molar-refractivity contribution in [2.75, 3.05) is 27.3 Å². The lowest BCUT2D eigenvalue weighted by Gasteiger charge is -2.33. The van der Waals surface area contributed by atoms with E-state index in [1.807, 2.05) is 60.7 Å². The lowest BCUT2D eigenvalue weighted by Crippen LogP contribution is -2.47. The number of ether oxygens (including phenoxy) is 3. The number of benzene rings is 3. The minimum absolute atomic E-state index is 0.173. The molecule has 3 aromatic carbocycles. The normalized spacial score (nSPS) is 17.3. The average Bonchev–Trinajstić information content (AvgIpc) is 3.73. The van der Waals surface area contributed by atoms with Crippen LogP contribution in [0.15, 0.2) is 72.8 Å². The van der Waals surface area contributed by atoms with Crippen LogP contribution in [0.5, 0.6) is 23.0 Å². The van der Waals surface area contributed by atoms with Gasteiger partial charge in [-0.2, -0.15) is 0 Å². The van der Waals surface area contributed by atoms with Crippen LogP contribution in [0.3, 0.4) is 0 Å². The fourth-order valence-corrected chi connectivity index (χ4v) is 5.04. The standard InChI is InChI=1S/C30H34N2O4/c1-34-25-12-10-23(11-13-25)30(16-17-30)29(33)31-24-14-18-32(19-15-24)21-22-6-5-7-26(20-22)36-28-9-4-3-8-27(28)35-2/h3-13,20,24H,14-19,21H2,1-2H3,(H,31,33). The van der Waals surface area contributed by atoms with Crippen LogP contribution in [-0.2, 0) is 16.8 Å². The van der Waals surface area contributed by atoms with Crippen LogP contribution < -0.4 is 19.5 Å². The second-order valence-electron chi connectivity index (χ2n) is 9.73. The smallest absolute Gasteiger partial charge is 0.230 e. The van der Waals surface area contributed by atoms with Gasteiger partial charge in [0.25, 0.3) is 0 Å². The lowest BCUT2D eigenvalue weighted by atomic mass is 9.93. The quantitative estimate of drug-likeness (QED) is 0.444. The molecule has 1 N–H and O–H groups in total. The first-order valence-corrected chi connectivity index (χ1v) is 12.7. The van der Waals surface area contributed by atoms with Gasteiger partial charge in [0.1, 0.15) is 11.5 Å². The summed E-state index contributed by atoms with van der Waals surface area (Å²) in [4.78, 5) is 15.6. The predicted molar refractivity (Wildman–Crippen MR) is 140 cm³/mol. The van der Waals surface area contributed by atoms with Crippen molar-refractivity contribution in [3.05, 3.63) is 83.9 Å². The molecule has 1 saturated carbocycles. The molecule has 1 saturated heterocycles. The second-order valence-corrected chi connectivity index (χ2v) is 9.73. The van der Waals surface area contributed by atoms with Gasteiger partial charge in [0.2, 0.25) is 5.91 Å². The molecule has 0 aromatic heterocycles. The van der Waals surface area contributed by atoms with E-state index in [0.717, 1.165) is 62.4 Å². The summed E-state index contributed by atoms with van der Waals surface area (Å²) in [6.45, 7) is 2.77. The SMILES string of the molecule is COc1ccc(C2(C(=O)NC3CCN(Cc4cccc(Oc5ccccc5OC)c4)CC3)CC2)cc1. The number of carbonyl (C=O) groups excluding carboxylic acids is 1. The van der Waals surface area contributed by atoms with E-state index in [-0.39, 0.29) is 17.4 Å². The number of para-hydroxylation sites is 2. The summed E-state index contributed by atoms with van der Waals surface area (Å²) < 4.78 is 16.7. The lowest BCUT2D eigenvalue weighted by molar-refractivity contribution is -0.124. The van der Waals surface area contributed by atoms with Crippen molar-refractivity contribution in [3.8, 4) is 23.0 Å². The Morgan fingerprint density at radius 1 is 0.889 bits per heavy atom. The highest BCUT2D eigenvalue weighted by Crippen LogP contribution is 2.49. The highest BCUT2D eigenvalue weighted by atomic mass is 16.5. The van der Waals surface area contributed by atoms with Crippen LogP contribution in [0.1, 0.15) is 36.8 Å². The topological polar surface area (TPSA) is 60.0 Å². The van der Waals surface area contributed by atoms with E-state index >= 15 is 0 Å². The van der Waals surface area contributed by atoms with E-state index in [0.29, 0.717) is 11.5 Å². The van der Waals surface area contributed by atoms with Crippen LogP contribution >= 0.6 is 0 Å². The predicted octanol–water partition coefficient (Wildman–Crippen LogP) is 5.31. The van der Waals surface area contributed by atoms with Crippen LogP contribution in [-0.4, -0.2) is 44.2 Å². The Hall–Kier alpha value is -3.51. The van der Waals surface area contributed by atoms with Gasteiger partial charge in [-0.25, -0.2) is 0 Å². The number of methoxy groups -OCH3 is 2. The zero-order chi connectivity index (χ0) is 25.0. The van der Waals surface area contributed by atoms with Gasteiger partial charge in [-0.1, -0.05) is 36.4 Å². The largest absolute Gasteiger partial charge is 0.497 e. The Labute approximate surface area is 213 Å². The molecule has 2 fully saturated rings. The molecule has 1 aliphatic carbocycles. The minimum atomic E-state index is -0.356. The molecule has 0 radical (unpaired) electrons. The molecule has 0 bridgehead atoms. The van der Waals surface area contributed by atoms with E-state index in [4.69, 9.17) is 14.2 Å². The van der Waals surface area contributed by atoms with Gasteiger partial charge in [-0.05, 0) is 73.2 Å². The first-order chi connectivity index (χ1) is 17.6. The van der Waals surface area contributed by atoms with Crippen molar-refractivity contribution in [2.24, 2.45) is 0 Å². The molecule has 3 aromatic rings. The summed E-state index contributed by atoms with van der Waals surface area (Å²) in [5, 5.41) is 3.35. The maximum Gasteiger partial charge on any atom is 0.230 e. The third-order valence-electron chi connectivity index (χ3n) is 7.35. The monoisotopic (exact) mass is 486 g/mol. The molecule has 36 heavy (non-hydrogen) atoms. The van der Waals surface area contributed by atoms with Gasteiger partial charge < -0.3 is 19.5 Å². The Kier molecular flexibility index (Phi) is 7.14. The molecule has 1 heterocycles. The van der Waals surface area contributed by atoms with Gasteiger partial charge in [-0.15, -0.1) is 0 Å². The number of rotatable bonds is 9. The molecule has 6 heteroatoms. The first kappa shape index (κ1) is 24.2. The van der Waals surface area contributed by atoms with Crippen LogP contribution in [0.25, 0.3) is 0 Å². The average molecular weight is 487 g/mol. The Balaban J connectivity index is 1.13. The Morgan fingerprint density at radius 3 is 2.28 bits per heavy atom. The summed E-state index contributed by atoms with van der Waals surface area (Å²) in [5.74, 6) is 3.21. The minimum Gasteiger partial charge on any atom is -0.497 e. The zero-order valence-corrected chi connectivity index (χ0v) is 21.0. The summed E-state index contributed by atoms with van der Waals surface area (Å²) >= 11 is 0. The fraction of sp³-hybridized carbons (Fsp3) is 0.367. The molecule has 6 nitrogen and oxygen atoms in total. The van der Waals surface area contributed by atoms with Crippen LogP contribution in [0.4, 0.5) is 0 Å². The molecule has 5 rings (SSSR count). The number of piperidine rings is 1. The third kappa shape index (κ3) is 5.34. The van der Waals surface area contributed by atoms with E-state index in [1.54, 1.807) is 14.2 Å². The number of hydrogen-bond donors (Lipinski definition) is 1. The van der Waals surface area contributed by atoms with E-state index in [2.05, 4.69) is 22.3 Å². The maximum absolute atomic E-state index is 13.2.